The van der Waals surface area contributed by atoms with Crippen LogP contribution in [0.15, 0.2) is 24.3 Å². The largest absolute Gasteiger partial charge is 0.484 e. The van der Waals surface area contributed by atoms with Gasteiger partial charge in [-0.15, -0.1) is 0 Å². The normalized spacial score (nSPS) is 11.9. The summed E-state index contributed by atoms with van der Waals surface area (Å²) in [6.45, 7) is 1.84. The lowest BCUT2D eigenvalue weighted by Crippen LogP contribution is -2.28. The van der Waals surface area contributed by atoms with Crippen molar-refractivity contribution < 1.29 is 4.74 Å². The molecule has 0 radical (unpaired) electrons. The Morgan fingerprint density at radius 2 is 2.13 bits per heavy atom. The molecule has 1 atom stereocenters. The van der Waals surface area contributed by atoms with Crippen molar-refractivity contribution in [3.8, 4) is 5.75 Å². The van der Waals surface area contributed by atoms with Crippen molar-refractivity contribution in [2.45, 2.75) is 13.0 Å². The Morgan fingerprint density at radius 1 is 1.47 bits per heavy atom. The van der Waals surface area contributed by atoms with E-state index in [2.05, 4.69) is 0 Å². The number of thiocarbonyl (C=S) groups is 1. The summed E-state index contributed by atoms with van der Waals surface area (Å²) in [7, 11) is 3.96. The molecule has 0 amide bonds. The third-order valence-corrected chi connectivity index (χ3v) is 2.38. The Morgan fingerprint density at radius 3 is 2.67 bits per heavy atom. The number of nitrogens with two attached hydrogens (primary N) is 1. The van der Waals surface area contributed by atoms with E-state index in [1.54, 1.807) is 0 Å². The van der Waals surface area contributed by atoms with E-state index in [0.29, 0.717) is 4.99 Å². The maximum absolute atomic E-state index is 5.57. The van der Waals surface area contributed by atoms with Gasteiger partial charge in [-0.2, -0.15) is 0 Å². The summed E-state index contributed by atoms with van der Waals surface area (Å²) in [6, 6.07) is 7.80. The molecule has 2 N–H and O–H groups in total. The Bertz CT molecular complexity index is 352. The quantitative estimate of drug-likeness (QED) is 0.792. The van der Waals surface area contributed by atoms with Crippen LogP contribution in [0, 0.1) is 0 Å². The first-order valence-corrected chi connectivity index (χ1v) is 5.15. The first-order chi connectivity index (χ1) is 7.00. The first-order valence-electron chi connectivity index (χ1n) is 4.74. The van der Waals surface area contributed by atoms with Crippen LogP contribution in [0.3, 0.4) is 0 Å². The van der Waals surface area contributed by atoms with Crippen LogP contribution < -0.4 is 15.4 Å². The minimum absolute atomic E-state index is 0.239. The number of hydrogen-bond donors (Lipinski definition) is 1. The van der Waals surface area contributed by atoms with E-state index in [-0.39, 0.29) is 6.10 Å². The average Bonchev–Trinajstić information content (AvgIpc) is 2.18. The Hall–Kier alpha value is -1.29. The average molecular weight is 224 g/mol. The molecule has 1 aromatic carbocycles. The topological polar surface area (TPSA) is 38.5 Å². The molecular formula is C11H16N2OS. The zero-order chi connectivity index (χ0) is 11.4. The van der Waals surface area contributed by atoms with Gasteiger partial charge in [-0.3, -0.25) is 0 Å². The maximum Gasteiger partial charge on any atom is 0.145 e. The number of benzene rings is 1. The molecule has 0 aliphatic carbocycles. The molecule has 3 nitrogen and oxygen atoms in total. The van der Waals surface area contributed by atoms with Crippen molar-refractivity contribution >= 4 is 22.9 Å². The van der Waals surface area contributed by atoms with Crippen molar-refractivity contribution in [2.75, 3.05) is 19.0 Å². The minimum Gasteiger partial charge on any atom is -0.484 e. The number of anilines is 1. The summed E-state index contributed by atoms with van der Waals surface area (Å²) < 4.78 is 5.57. The van der Waals surface area contributed by atoms with E-state index in [1.165, 1.54) is 0 Å². The van der Waals surface area contributed by atoms with Crippen LogP contribution >= 0.6 is 12.2 Å². The third kappa shape index (κ3) is 3.40. The van der Waals surface area contributed by atoms with E-state index < -0.39 is 0 Å². The lowest BCUT2D eigenvalue weighted by atomic mass is 10.3. The third-order valence-electron chi connectivity index (χ3n) is 2.05. The second-order valence-corrected chi connectivity index (χ2v) is 4.03. The smallest absolute Gasteiger partial charge is 0.145 e. The summed E-state index contributed by atoms with van der Waals surface area (Å²) in [5.74, 6) is 0.779. The standard InChI is InChI=1S/C11H16N2OS/c1-8(11(12)15)14-10-6-4-5-9(7-10)13(2)3/h4-8H,1-3H3,(H2,12,15). The Labute approximate surface area is 95.8 Å². The molecule has 0 saturated carbocycles. The van der Waals surface area contributed by atoms with Gasteiger partial charge in [0.05, 0.1) is 0 Å². The lowest BCUT2D eigenvalue weighted by molar-refractivity contribution is 0.288. The van der Waals surface area contributed by atoms with Crippen molar-refractivity contribution in [2.24, 2.45) is 5.73 Å². The summed E-state index contributed by atoms with van der Waals surface area (Å²) in [5, 5.41) is 0. The maximum atomic E-state index is 5.57. The molecule has 15 heavy (non-hydrogen) atoms. The van der Waals surface area contributed by atoms with E-state index in [4.69, 9.17) is 22.7 Å². The highest BCUT2D eigenvalue weighted by molar-refractivity contribution is 7.80. The molecular weight excluding hydrogens is 208 g/mol. The summed E-state index contributed by atoms with van der Waals surface area (Å²) in [5.41, 5.74) is 6.56. The lowest BCUT2D eigenvalue weighted by Gasteiger charge is -2.16. The van der Waals surface area contributed by atoms with Crippen molar-refractivity contribution in [1.29, 1.82) is 0 Å². The molecule has 0 aromatic heterocycles. The van der Waals surface area contributed by atoms with Crippen LogP contribution in [0.2, 0.25) is 0 Å². The van der Waals surface area contributed by atoms with Crippen LogP contribution in [-0.4, -0.2) is 25.2 Å². The van der Waals surface area contributed by atoms with Gasteiger partial charge in [0, 0.05) is 25.8 Å². The molecule has 0 heterocycles. The fourth-order valence-electron chi connectivity index (χ4n) is 1.10. The van der Waals surface area contributed by atoms with Gasteiger partial charge in [0.15, 0.2) is 0 Å². The van der Waals surface area contributed by atoms with Crippen LogP contribution in [-0.2, 0) is 0 Å². The molecule has 0 spiro atoms. The molecule has 0 bridgehead atoms. The van der Waals surface area contributed by atoms with Gasteiger partial charge >= 0.3 is 0 Å². The summed E-state index contributed by atoms with van der Waals surface area (Å²) in [4.78, 5) is 2.38. The van der Waals surface area contributed by atoms with Gasteiger partial charge in [0.25, 0.3) is 0 Å². The molecule has 4 heteroatoms. The SMILES string of the molecule is CC(Oc1cccc(N(C)C)c1)C(N)=S. The summed E-state index contributed by atoms with van der Waals surface area (Å²) in [6.07, 6.45) is -0.239. The van der Waals surface area contributed by atoms with Crippen LogP contribution in [0.4, 0.5) is 5.69 Å². The van der Waals surface area contributed by atoms with Gasteiger partial charge in [0.2, 0.25) is 0 Å². The summed E-state index contributed by atoms with van der Waals surface area (Å²) >= 11 is 4.84. The molecule has 0 saturated heterocycles. The van der Waals surface area contributed by atoms with Crippen molar-refractivity contribution in [3.05, 3.63) is 24.3 Å². The van der Waals surface area contributed by atoms with E-state index in [1.807, 2.05) is 50.2 Å². The predicted molar refractivity (Wildman–Crippen MR) is 67.6 cm³/mol. The zero-order valence-electron chi connectivity index (χ0n) is 9.23. The van der Waals surface area contributed by atoms with Gasteiger partial charge in [0.1, 0.15) is 16.8 Å². The highest BCUT2D eigenvalue weighted by Gasteiger charge is 2.07. The molecule has 1 aromatic rings. The molecule has 1 unspecified atom stereocenters. The minimum atomic E-state index is -0.239. The van der Waals surface area contributed by atoms with Gasteiger partial charge in [-0.1, -0.05) is 18.3 Å². The van der Waals surface area contributed by atoms with Crippen molar-refractivity contribution in [3.63, 3.8) is 0 Å². The van der Waals surface area contributed by atoms with E-state index in [0.717, 1.165) is 11.4 Å². The first kappa shape index (κ1) is 11.8. The number of nitrogens with zero attached hydrogens (tertiary/aromatic N) is 1. The molecule has 0 aliphatic heterocycles. The van der Waals surface area contributed by atoms with Crippen molar-refractivity contribution in [1.82, 2.24) is 0 Å². The van der Waals surface area contributed by atoms with E-state index in [9.17, 15) is 0 Å². The highest BCUT2D eigenvalue weighted by atomic mass is 32.1. The fourth-order valence-corrected chi connectivity index (χ4v) is 1.15. The zero-order valence-corrected chi connectivity index (χ0v) is 10.0. The monoisotopic (exact) mass is 224 g/mol. The van der Waals surface area contributed by atoms with E-state index >= 15 is 0 Å². The Balaban J connectivity index is 2.78. The molecule has 1 rings (SSSR count). The van der Waals surface area contributed by atoms with Crippen LogP contribution in [0.1, 0.15) is 6.92 Å². The second-order valence-electron chi connectivity index (χ2n) is 3.55. The Kier molecular flexibility index (Phi) is 3.91. The van der Waals surface area contributed by atoms with Gasteiger partial charge in [-0.25, -0.2) is 0 Å². The van der Waals surface area contributed by atoms with Crippen LogP contribution in [0.25, 0.3) is 0 Å². The number of hydrogen-bond acceptors (Lipinski definition) is 3. The fraction of sp³-hybridized carbons (Fsp3) is 0.364. The highest BCUT2D eigenvalue weighted by Crippen LogP contribution is 2.20. The molecule has 0 aliphatic rings. The molecule has 0 fully saturated rings. The van der Waals surface area contributed by atoms with Gasteiger partial charge < -0.3 is 15.4 Å². The number of ether oxygens (including phenoxy) is 1. The van der Waals surface area contributed by atoms with Gasteiger partial charge in [-0.05, 0) is 19.1 Å². The second kappa shape index (κ2) is 4.98. The molecule has 82 valence electrons. The predicted octanol–water partition coefficient (Wildman–Crippen LogP) is 1.81. The van der Waals surface area contributed by atoms with Crippen LogP contribution in [0.5, 0.6) is 5.75 Å². The number of rotatable bonds is 4.